The summed E-state index contributed by atoms with van der Waals surface area (Å²) in [6, 6.07) is 17.1. The van der Waals surface area contributed by atoms with Crippen LogP contribution in [0.25, 0.3) is 5.69 Å². The van der Waals surface area contributed by atoms with Crippen molar-refractivity contribution >= 4 is 23.4 Å². The average molecular weight is 368 g/mol. The van der Waals surface area contributed by atoms with Gasteiger partial charge in [0.2, 0.25) is 5.91 Å². The first kappa shape index (κ1) is 18.0. The van der Waals surface area contributed by atoms with Crippen molar-refractivity contribution in [1.82, 2.24) is 14.8 Å². The van der Waals surface area contributed by atoms with Crippen molar-refractivity contribution in [3.8, 4) is 11.4 Å². The van der Waals surface area contributed by atoms with E-state index >= 15 is 0 Å². The third-order valence-corrected chi connectivity index (χ3v) is 4.69. The lowest BCUT2D eigenvalue weighted by atomic mass is 10.3. The molecule has 1 atom stereocenters. The highest BCUT2D eigenvalue weighted by molar-refractivity contribution is 8.00. The van der Waals surface area contributed by atoms with Crippen LogP contribution >= 0.6 is 11.8 Å². The van der Waals surface area contributed by atoms with Gasteiger partial charge in [-0.05, 0) is 50.2 Å². The molecule has 1 aromatic heterocycles. The second-order valence-electron chi connectivity index (χ2n) is 5.53. The van der Waals surface area contributed by atoms with E-state index < -0.39 is 0 Å². The quantitative estimate of drug-likeness (QED) is 0.643. The molecule has 1 amide bonds. The molecule has 0 radical (unpaired) electrons. The van der Waals surface area contributed by atoms with Gasteiger partial charge >= 0.3 is 0 Å². The van der Waals surface area contributed by atoms with Crippen molar-refractivity contribution < 1.29 is 9.53 Å². The minimum Gasteiger partial charge on any atom is -0.494 e. The Bertz CT molecular complexity index is 849. The van der Waals surface area contributed by atoms with Gasteiger partial charge in [-0.2, -0.15) is 0 Å². The largest absolute Gasteiger partial charge is 0.494 e. The molecule has 1 unspecified atom stereocenters. The molecule has 0 fully saturated rings. The zero-order valence-corrected chi connectivity index (χ0v) is 15.4. The van der Waals surface area contributed by atoms with Crippen LogP contribution in [0.15, 0.2) is 66.1 Å². The number of thioether (sulfide) groups is 1. The molecule has 0 spiro atoms. The molecule has 1 heterocycles. The minimum atomic E-state index is -0.326. The summed E-state index contributed by atoms with van der Waals surface area (Å²) in [5.41, 5.74) is 1.69. The molecule has 1 N–H and O–H groups in total. The molecule has 0 saturated carbocycles. The van der Waals surface area contributed by atoms with Gasteiger partial charge in [-0.3, -0.25) is 9.36 Å². The Kier molecular flexibility index (Phi) is 5.91. The molecule has 0 bridgehead atoms. The van der Waals surface area contributed by atoms with E-state index in [-0.39, 0.29) is 11.2 Å². The van der Waals surface area contributed by atoms with Crippen LogP contribution < -0.4 is 10.1 Å². The van der Waals surface area contributed by atoms with Crippen LogP contribution in [0.4, 0.5) is 5.69 Å². The molecule has 3 rings (SSSR count). The molecule has 0 saturated heterocycles. The predicted molar refractivity (Wildman–Crippen MR) is 103 cm³/mol. The Morgan fingerprint density at radius 3 is 2.62 bits per heavy atom. The fraction of sp³-hybridized carbons (Fsp3) is 0.211. The van der Waals surface area contributed by atoms with Crippen molar-refractivity contribution in [2.75, 3.05) is 11.9 Å². The van der Waals surface area contributed by atoms with Gasteiger partial charge in [0, 0.05) is 11.4 Å². The summed E-state index contributed by atoms with van der Waals surface area (Å²) >= 11 is 1.36. The summed E-state index contributed by atoms with van der Waals surface area (Å²) in [5, 5.41) is 11.4. The summed E-state index contributed by atoms with van der Waals surface area (Å²) in [6.45, 7) is 4.39. The second kappa shape index (κ2) is 8.53. The third-order valence-electron chi connectivity index (χ3n) is 3.64. The number of hydrogen-bond donors (Lipinski definition) is 1. The smallest absolute Gasteiger partial charge is 0.237 e. The van der Waals surface area contributed by atoms with Gasteiger partial charge in [-0.1, -0.05) is 30.0 Å². The molecule has 7 heteroatoms. The molecular weight excluding hydrogens is 348 g/mol. The first-order valence-electron chi connectivity index (χ1n) is 8.33. The fourth-order valence-electron chi connectivity index (χ4n) is 2.33. The molecule has 6 nitrogen and oxygen atoms in total. The van der Waals surface area contributed by atoms with Gasteiger partial charge in [0.1, 0.15) is 12.1 Å². The number of ether oxygens (including phenoxy) is 1. The number of carbonyl (C=O) groups excluding carboxylic acids is 1. The maximum Gasteiger partial charge on any atom is 0.237 e. The predicted octanol–water partition coefficient (Wildman–Crippen LogP) is 3.79. The van der Waals surface area contributed by atoms with E-state index in [4.69, 9.17) is 4.74 Å². The zero-order valence-electron chi connectivity index (χ0n) is 14.6. The molecule has 134 valence electrons. The van der Waals surface area contributed by atoms with E-state index in [9.17, 15) is 4.79 Å². The first-order valence-corrected chi connectivity index (χ1v) is 9.21. The van der Waals surface area contributed by atoms with Crippen molar-refractivity contribution in [3.05, 3.63) is 60.9 Å². The van der Waals surface area contributed by atoms with Crippen LogP contribution in [-0.4, -0.2) is 32.5 Å². The van der Waals surface area contributed by atoms with Crippen LogP contribution in [0.1, 0.15) is 13.8 Å². The first-order chi connectivity index (χ1) is 12.7. The van der Waals surface area contributed by atoms with Crippen LogP contribution in [0, 0.1) is 0 Å². The number of nitrogens with one attached hydrogen (secondary N) is 1. The highest BCUT2D eigenvalue weighted by atomic mass is 32.2. The lowest BCUT2D eigenvalue weighted by molar-refractivity contribution is -0.115. The third kappa shape index (κ3) is 4.43. The standard InChI is InChI=1S/C19H20N4O2S/c1-3-25-17-11-9-15(10-12-17)21-18(24)14(2)26-19-22-20-13-23(19)16-7-5-4-6-8-16/h4-14H,3H2,1-2H3,(H,21,24). The van der Waals surface area contributed by atoms with Crippen molar-refractivity contribution in [2.45, 2.75) is 24.3 Å². The van der Waals surface area contributed by atoms with E-state index in [0.29, 0.717) is 11.8 Å². The molecule has 3 aromatic rings. The van der Waals surface area contributed by atoms with Crippen LogP contribution in [0.2, 0.25) is 0 Å². The molecule has 26 heavy (non-hydrogen) atoms. The number of nitrogens with zero attached hydrogens (tertiary/aromatic N) is 3. The molecule has 2 aromatic carbocycles. The lowest BCUT2D eigenvalue weighted by Gasteiger charge is -2.13. The monoisotopic (exact) mass is 368 g/mol. The van der Waals surface area contributed by atoms with Crippen LogP contribution in [-0.2, 0) is 4.79 Å². The summed E-state index contributed by atoms with van der Waals surface area (Å²) in [5.74, 6) is 0.686. The van der Waals surface area contributed by atoms with Crippen LogP contribution in [0.5, 0.6) is 5.75 Å². The van der Waals surface area contributed by atoms with Crippen molar-refractivity contribution in [3.63, 3.8) is 0 Å². The van der Waals surface area contributed by atoms with Crippen molar-refractivity contribution in [2.24, 2.45) is 0 Å². The highest BCUT2D eigenvalue weighted by Gasteiger charge is 2.18. The Morgan fingerprint density at radius 1 is 1.19 bits per heavy atom. The van der Waals surface area contributed by atoms with Gasteiger partial charge in [0.05, 0.1) is 11.9 Å². The number of para-hydroxylation sites is 1. The molecular formula is C19H20N4O2S. The second-order valence-corrected chi connectivity index (χ2v) is 6.83. The lowest BCUT2D eigenvalue weighted by Crippen LogP contribution is -2.22. The summed E-state index contributed by atoms with van der Waals surface area (Å²) in [4.78, 5) is 12.5. The van der Waals surface area contributed by atoms with E-state index in [1.807, 2.05) is 73.0 Å². The van der Waals surface area contributed by atoms with Gasteiger partial charge in [0.25, 0.3) is 0 Å². The zero-order chi connectivity index (χ0) is 18.4. The average Bonchev–Trinajstić information content (AvgIpc) is 3.12. The maximum absolute atomic E-state index is 12.5. The summed E-state index contributed by atoms with van der Waals surface area (Å²) in [7, 11) is 0. The number of carbonyl (C=O) groups is 1. The van der Waals surface area contributed by atoms with E-state index in [1.165, 1.54) is 11.8 Å². The molecule has 0 aliphatic heterocycles. The van der Waals surface area contributed by atoms with Crippen molar-refractivity contribution in [1.29, 1.82) is 0 Å². The number of benzene rings is 2. The highest BCUT2D eigenvalue weighted by Crippen LogP contribution is 2.25. The Balaban J connectivity index is 1.64. The Morgan fingerprint density at radius 2 is 1.92 bits per heavy atom. The van der Waals surface area contributed by atoms with Gasteiger partial charge in [0.15, 0.2) is 5.16 Å². The number of anilines is 1. The van der Waals surface area contributed by atoms with Gasteiger partial charge in [-0.15, -0.1) is 10.2 Å². The fourth-order valence-corrected chi connectivity index (χ4v) is 3.17. The topological polar surface area (TPSA) is 69.0 Å². The van der Waals surface area contributed by atoms with Gasteiger partial charge in [-0.25, -0.2) is 0 Å². The molecule has 0 aliphatic rings. The summed E-state index contributed by atoms with van der Waals surface area (Å²) < 4.78 is 7.27. The van der Waals surface area contributed by atoms with E-state index in [0.717, 1.165) is 17.1 Å². The summed E-state index contributed by atoms with van der Waals surface area (Å²) in [6.07, 6.45) is 1.65. The van der Waals surface area contributed by atoms with E-state index in [1.54, 1.807) is 6.33 Å². The minimum absolute atomic E-state index is 0.0956. The number of amides is 1. The van der Waals surface area contributed by atoms with Gasteiger partial charge < -0.3 is 10.1 Å². The number of rotatable bonds is 7. The maximum atomic E-state index is 12.5. The molecule has 0 aliphatic carbocycles. The van der Waals surface area contributed by atoms with Crippen LogP contribution in [0.3, 0.4) is 0 Å². The number of hydrogen-bond acceptors (Lipinski definition) is 5. The Labute approximate surface area is 156 Å². The Hall–Kier alpha value is -2.80. The number of aromatic nitrogens is 3. The van der Waals surface area contributed by atoms with E-state index in [2.05, 4.69) is 15.5 Å². The normalized spacial score (nSPS) is 11.8. The SMILES string of the molecule is CCOc1ccc(NC(=O)C(C)Sc2nncn2-c2ccccc2)cc1.